The van der Waals surface area contributed by atoms with Gasteiger partial charge in [0, 0.05) is 18.2 Å². The lowest BCUT2D eigenvalue weighted by Gasteiger charge is -2.38. The lowest BCUT2D eigenvalue weighted by molar-refractivity contribution is -0.192. The molecule has 5 nitrogen and oxygen atoms in total. The maximum absolute atomic E-state index is 13.6. The molecule has 0 saturated carbocycles. The van der Waals surface area contributed by atoms with Crippen molar-refractivity contribution in [3.63, 3.8) is 0 Å². The summed E-state index contributed by atoms with van der Waals surface area (Å²) in [5.74, 6) is -2.26. The van der Waals surface area contributed by atoms with E-state index in [0.717, 1.165) is 24.3 Å². The number of hydrogen-bond donors (Lipinski definition) is 2. The van der Waals surface area contributed by atoms with Gasteiger partial charge in [-0.1, -0.05) is 20.8 Å². The number of rotatable bonds is 4. The topological polar surface area (TPSA) is 67.8 Å². The van der Waals surface area contributed by atoms with Crippen LogP contribution in [0.5, 0.6) is 5.75 Å². The van der Waals surface area contributed by atoms with Crippen LogP contribution < -0.4 is 10.1 Å². The summed E-state index contributed by atoms with van der Waals surface area (Å²) in [6, 6.07) is 4.76. The van der Waals surface area contributed by atoms with Gasteiger partial charge in [0.1, 0.15) is 11.6 Å². The van der Waals surface area contributed by atoms with Crippen LogP contribution in [0.3, 0.4) is 0 Å². The van der Waals surface area contributed by atoms with Gasteiger partial charge in [-0.3, -0.25) is 0 Å². The molecular weight excluding hydrogens is 410 g/mol. The quantitative estimate of drug-likeness (QED) is 0.516. The van der Waals surface area contributed by atoms with Crippen molar-refractivity contribution in [1.82, 2.24) is 5.32 Å². The second-order valence-corrected chi connectivity index (χ2v) is 13.1. The summed E-state index contributed by atoms with van der Waals surface area (Å²) >= 11 is 0. The first-order valence-electron chi connectivity index (χ1n) is 9.13. The van der Waals surface area contributed by atoms with Gasteiger partial charge in [-0.05, 0) is 42.8 Å². The fraction of sp³-hybridized carbons (Fsp3) is 0.632. The van der Waals surface area contributed by atoms with Crippen LogP contribution in [-0.2, 0) is 9.22 Å². The summed E-state index contributed by atoms with van der Waals surface area (Å²) in [5.41, 5.74) is 0.879. The first kappa shape index (κ1) is 25.4. The number of methoxy groups -OCH3 is 1. The summed E-state index contributed by atoms with van der Waals surface area (Å²) in [6.07, 6.45) is -4.05. The van der Waals surface area contributed by atoms with Gasteiger partial charge in [0.15, 0.2) is 8.32 Å². The number of carbonyl (C=O) groups is 1. The number of hydrogen-bond acceptors (Lipinski definition) is 4. The van der Waals surface area contributed by atoms with Crippen LogP contribution in [0.1, 0.15) is 38.8 Å². The normalized spacial score (nSPS) is 20.1. The van der Waals surface area contributed by atoms with E-state index in [1.165, 1.54) is 6.07 Å². The van der Waals surface area contributed by atoms with Gasteiger partial charge < -0.3 is 19.6 Å². The molecule has 1 heterocycles. The number of nitrogens with one attached hydrogen (secondary N) is 1. The van der Waals surface area contributed by atoms with E-state index in [1.807, 2.05) is 0 Å². The minimum absolute atomic E-state index is 0.0837. The van der Waals surface area contributed by atoms with Gasteiger partial charge in [-0.15, -0.1) is 0 Å². The first-order valence-corrected chi connectivity index (χ1v) is 12.0. The van der Waals surface area contributed by atoms with E-state index < -0.39 is 20.5 Å². The van der Waals surface area contributed by atoms with Gasteiger partial charge >= 0.3 is 12.1 Å². The monoisotopic (exact) mass is 439 g/mol. The van der Waals surface area contributed by atoms with Gasteiger partial charge in [0.2, 0.25) is 0 Å². The van der Waals surface area contributed by atoms with Crippen molar-refractivity contribution in [2.45, 2.75) is 63.6 Å². The Labute approximate surface area is 169 Å². The molecule has 2 N–H and O–H groups in total. The zero-order valence-corrected chi connectivity index (χ0v) is 18.5. The minimum Gasteiger partial charge on any atom is -0.496 e. The molecular formula is C19H29F4NO4Si. The predicted octanol–water partition coefficient (Wildman–Crippen LogP) is 4.89. The van der Waals surface area contributed by atoms with Crippen molar-refractivity contribution >= 4 is 14.3 Å². The van der Waals surface area contributed by atoms with Gasteiger partial charge in [0.25, 0.3) is 0 Å². The molecule has 2 rings (SSSR count). The lowest BCUT2D eigenvalue weighted by atomic mass is 10.0. The molecule has 0 radical (unpaired) electrons. The molecule has 1 aromatic carbocycles. The zero-order chi connectivity index (χ0) is 22.6. The number of carboxylic acid groups (broad SMARTS) is 1. The Kier molecular flexibility index (Phi) is 8.26. The fourth-order valence-corrected chi connectivity index (χ4v) is 3.97. The second-order valence-electron chi connectivity index (χ2n) is 8.39. The van der Waals surface area contributed by atoms with Crippen molar-refractivity contribution in [1.29, 1.82) is 0 Å². The third kappa shape index (κ3) is 7.27. The maximum atomic E-state index is 13.6. The molecule has 0 bridgehead atoms. The molecule has 10 heteroatoms. The molecule has 0 spiro atoms. The minimum atomic E-state index is -5.08. The second kappa shape index (κ2) is 9.44. The molecule has 0 aliphatic carbocycles. The van der Waals surface area contributed by atoms with Crippen LogP contribution in [0, 0.1) is 5.82 Å². The molecule has 0 aromatic heterocycles. The van der Waals surface area contributed by atoms with Crippen molar-refractivity contribution in [2.24, 2.45) is 0 Å². The third-order valence-corrected chi connectivity index (χ3v) is 9.70. The predicted molar refractivity (Wildman–Crippen MR) is 104 cm³/mol. The van der Waals surface area contributed by atoms with Crippen molar-refractivity contribution in [3.05, 3.63) is 29.6 Å². The summed E-state index contributed by atoms with van der Waals surface area (Å²) in [5, 5.41) is 10.8. The van der Waals surface area contributed by atoms with Crippen molar-refractivity contribution in [3.8, 4) is 5.75 Å². The van der Waals surface area contributed by atoms with Crippen LogP contribution in [0.4, 0.5) is 17.6 Å². The van der Waals surface area contributed by atoms with Gasteiger partial charge in [0.05, 0.1) is 13.2 Å². The summed E-state index contributed by atoms with van der Waals surface area (Å²) in [4.78, 5) is 8.90. The number of aliphatic carboxylic acids is 1. The van der Waals surface area contributed by atoms with E-state index in [0.29, 0.717) is 0 Å². The SMILES string of the molecule is COc1ccc(F)cc1[C@H]1CC(O[Si](C)(C)C(C)(C)C)CN1.O=C(O)C(F)(F)F. The Morgan fingerprint density at radius 3 is 2.24 bits per heavy atom. The number of halogens is 4. The fourth-order valence-electron chi connectivity index (χ4n) is 2.60. The van der Waals surface area contributed by atoms with E-state index in [9.17, 15) is 17.6 Å². The average molecular weight is 440 g/mol. The van der Waals surface area contributed by atoms with Gasteiger partial charge in [-0.25, -0.2) is 9.18 Å². The van der Waals surface area contributed by atoms with E-state index >= 15 is 0 Å². The standard InChI is InChI=1S/C17H28FNO2Si.C2HF3O2/c1-17(2,3)22(5,6)21-13-10-15(19-11-13)14-9-12(18)7-8-16(14)20-4;3-2(4,5)1(6)7/h7-9,13,15,19H,10-11H2,1-6H3;(H,6,7)/t13?,15-;/m1./s1. The van der Waals surface area contributed by atoms with Crippen LogP contribution in [-0.4, -0.2) is 45.3 Å². The number of benzene rings is 1. The van der Waals surface area contributed by atoms with Crippen LogP contribution in [0.2, 0.25) is 18.1 Å². The number of ether oxygens (including phenoxy) is 1. The highest BCUT2D eigenvalue weighted by Gasteiger charge is 2.41. The Morgan fingerprint density at radius 1 is 1.24 bits per heavy atom. The van der Waals surface area contributed by atoms with E-state index in [2.05, 4.69) is 39.2 Å². The Balaban J connectivity index is 0.000000516. The Bertz CT molecular complexity index is 704. The molecule has 1 fully saturated rings. The van der Waals surface area contributed by atoms with Crippen LogP contribution in [0.15, 0.2) is 18.2 Å². The van der Waals surface area contributed by atoms with E-state index in [1.54, 1.807) is 19.2 Å². The van der Waals surface area contributed by atoms with Gasteiger partial charge in [-0.2, -0.15) is 13.2 Å². The maximum Gasteiger partial charge on any atom is 0.490 e. The number of alkyl halides is 3. The van der Waals surface area contributed by atoms with Crippen molar-refractivity contribution < 1.29 is 36.6 Å². The summed E-state index contributed by atoms with van der Waals surface area (Å²) in [6.45, 7) is 12.1. The molecule has 1 unspecified atom stereocenters. The smallest absolute Gasteiger partial charge is 0.490 e. The third-order valence-electron chi connectivity index (χ3n) is 5.17. The lowest BCUT2D eigenvalue weighted by Crippen LogP contribution is -2.44. The zero-order valence-electron chi connectivity index (χ0n) is 17.5. The largest absolute Gasteiger partial charge is 0.496 e. The molecule has 166 valence electrons. The Hall–Kier alpha value is -1.65. The van der Waals surface area contributed by atoms with E-state index in [4.69, 9.17) is 19.1 Å². The molecule has 1 aliphatic rings. The highest BCUT2D eigenvalue weighted by atomic mass is 28.4. The molecule has 1 aliphatic heterocycles. The molecule has 2 atom stereocenters. The highest BCUT2D eigenvalue weighted by Crippen LogP contribution is 2.40. The molecule has 29 heavy (non-hydrogen) atoms. The van der Waals surface area contributed by atoms with Crippen molar-refractivity contribution in [2.75, 3.05) is 13.7 Å². The van der Waals surface area contributed by atoms with Crippen LogP contribution in [0.25, 0.3) is 0 Å². The first-order chi connectivity index (χ1) is 13.1. The van der Waals surface area contributed by atoms with E-state index in [-0.39, 0.29) is 23.0 Å². The summed E-state index contributed by atoms with van der Waals surface area (Å²) < 4.78 is 57.1. The van der Waals surface area contributed by atoms with Crippen LogP contribution >= 0.6 is 0 Å². The molecule has 1 saturated heterocycles. The molecule has 0 amide bonds. The molecule has 1 aromatic rings. The number of carboxylic acids is 1. The summed E-state index contributed by atoms with van der Waals surface area (Å²) in [7, 11) is -0.158. The Morgan fingerprint density at radius 2 is 1.79 bits per heavy atom. The highest BCUT2D eigenvalue weighted by molar-refractivity contribution is 6.74. The average Bonchev–Trinajstić information content (AvgIpc) is 3.01.